The van der Waals surface area contributed by atoms with Gasteiger partial charge < -0.3 is 16.4 Å². The van der Waals surface area contributed by atoms with Gasteiger partial charge in [-0.15, -0.1) is 12.4 Å². The molecule has 2 aromatic rings. The maximum atomic E-state index is 12.9. The molecular formula is C20H25ClFN3O2. The lowest BCUT2D eigenvalue weighted by atomic mass is 10.0. The number of halogens is 2. The second-order valence-electron chi connectivity index (χ2n) is 6.61. The molecule has 0 unspecified atom stereocenters. The molecule has 2 aromatic carbocycles. The van der Waals surface area contributed by atoms with Crippen LogP contribution in [0.4, 0.5) is 10.1 Å². The first-order chi connectivity index (χ1) is 12.3. The second kappa shape index (κ2) is 10.6. The minimum absolute atomic E-state index is 0. The number of nitrogens with one attached hydrogen (secondary N) is 2. The topological polar surface area (TPSA) is 84.2 Å². The standard InChI is InChI=1S/C20H24FN3O2.ClH/c1-13(2)11-18(22)20(26)23-12-14-3-5-15(6-4-14)19(25)24-17-9-7-16(21)8-10-17;/h3-10,13,18H,11-12,22H2,1-2H3,(H,23,26)(H,24,25);1H/t18-;/m0./s1. The zero-order valence-electron chi connectivity index (χ0n) is 15.4. The van der Waals surface area contributed by atoms with Gasteiger partial charge in [0.2, 0.25) is 5.91 Å². The van der Waals surface area contributed by atoms with Crippen LogP contribution < -0.4 is 16.4 Å². The van der Waals surface area contributed by atoms with E-state index < -0.39 is 6.04 Å². The van der Waals surface area contributed by atoms with Crippen molar-refractivity contribution in [2.24, 2.45) is 11.7 Å². The average Bonchev–Trinajstić information content (AvgIpc) is 2.61. The highest BCUT2D eigenvalue weighted by atomic mass is 35.5. The molecule has 0 bridgehead atoms. The third kappa shape index (κ3) is 7.37. The van der Waals surface area contributed by atoms with Crippen molar-refractivity contribution in [2.45, 2.75) is 32.9 Å². The van der Waals surface area contributed by atoms with Crippen LogP contribution in [-0.4, -0.2) is 17.9 Å². The minimum Gasteiger partial charge on any atom is -0.351 e. The van der Waals surface area contributed by atoms with Crippen LogP contribution in [0, 0.1) is 11.7 Å². The Hall–Kier alpha value is -2.44. The predicted octanol–water partition coefficient (Wildman–Crippen LogP) is 3.49. The Labute approximate surface area is 164 Å². The first-order valence-electron chi connectivity index (χ1n) is 8.54. The maximum Gasteiger partial charge on any atom is 0.255 e. The highest BCUT2D eigenvalue weighted by Crippen LogP contribution is 2.11. The van der Waals surface area contributed by atoms with E-state index in [9.17, 15) is 14.0 Å². The molecule has 146 valence electrons. The Morgan fingerprint density at radius 3 is 2.19 bits per heavy atom. The van der Waals surface area contributed by atoms with Gasteiger partial charge in [0.15, 0.2) is 0 Å². The summed E-state index contributed by atoms with van der Waals surface area (Å²) in [6, 6.07) is 11.9. The molecule has 0 aliphatic rings. The number of hydrogen-bond donors (Lipinski definition) is 3. The second-order valence-corrected chi connectivity index (χ2v) is 6.61. The molecule has 0 aliphatic heterocycles. The average molecular weight is 394 g/mol. The van der Waals surface area contributed by atoms with Crippen LogP contribution in [0.25, 0.3) is 0 Å². The summed E-state index contributed by atoms with van der Waals surface area (Å²) >= 11 is 0. The van der Waals surface area contributed by atoms with Crippen LogP contribution in [-0.2, 0) is 11.3 Å². The van der Waals surface area contributed by atoms with E-state index in [2.05, 4.69) is 10.6 Å². The molecule has 27 heavy (non-hydrogen) atoms. The third-order valence-corrected chi connectivity index (χ3v) is 3.85. The monoisotopic (exact) mass is 393 g/mol. The number of nitrogens with two attached hydrogens (primary N) is 1. The van der Waals surface area contributed by atoms with Crippen LogP contribution in [0.15, 0.2) is 48.5 Å². The van der Waals surface area contributed by atoms with Gasteiger partial charge >= 0.3 is 0 Å². The van der Waals surface area contributed by atoms with E-state index in [1.165, 1.54) is 24.3 Å². The van der Waals surface area contributed by atoms with E-state index in [0.717, 1.165) is 5.56 Å². The van der Waals surface area contributed by atoms with Crippen molar-refractivity contribution < 1.29 is 14.0 Å². The zero-order valence-corrected chi connectivity index (χ0v) is 16.2. The summed E-state index contributed by atoms with van der Waals surface area (Å²) in [6.45, 7) is 4.39. The highest BCUT2D eigenvalue weighted by Gasteiger charge is 2.14. The molecule has 0 radical (unpaired) electrons. The summed E-state index contributed by atoms with van der Waals surface area (Å²) in [5, 5.41) is 5.49. The Bertz CT molecular complexity index is 749. The molecular weight excluding hydrogens is 369 g/mol. The number of carbonyl (C=O) groups is 2. The molecule has 7 heteroatoms. The zero-order chi connectivity index (χ0) is 19.1. The Kier molecular flexibility index (Phi) is 8.91. The summed E-state index contributed by atoms with van der Waals surface area (Å²) in [6.07, 6.45) is 0.633. The van der Waals surface area contributed by atoms with Crippen molar-refractivity contribution in [1.29, 1.82) is 0 Å². The summed E-state index contributed by atoms with van der Waals surface area (Å²) in [5.74, 6) is -0.472. The van der Waals surface area contributed by atoms with Crippen molar-refractivity contribution in [1.82, 2.24) is 5.32 Å². The molecule has 0 saturated heterocycles. The van der Waals surface area contributed by atoms with Gasteiger partial charge in [-0.05, 0) is 54.3 Å². The lowest BCUT2D eigenvalue weighted by Crippen LogP contribution is -2.41. The smallest absolute Gasteiger partial charge is 0.255 e. The van der Waals surface area contributed by atoms with Gasteiger partial charge in [-0.25, -0.2) is 4.39 Å². The van der Waals surface area contributed by atoms with Crippen molar-refractivity contribution in [2.75, 3.05) is 5.32 Å². The van der Waals surface area contributed by atoms with Crippen molar-refractivity contribution in [3.05, 3.63) is 65.5 Å². The molecule has 4 N–H and O–H groups in total. The van der Waals surface area contributed by atoms with Gasteiger partial charge in [0, 0.05) is 17.8 Å². The van der Waals surface area contributed by atoms with Crippen LogP contribution in [0.2, 0.25) is 0 Å². The predicted molar refractivity (Wildman–Crippen MR) is 107 cm³/mol. The lowest BCUT2D eigenvalue weighted by Gasteiger charge is -2.14. The van der Waals surface area contributed by atoms with Gasteiger partial charge in [0.05, 0.1) is 6.04 Å². The molecule has 0 saturated carbocycles. The van der Waals surface area contributed by atoms with Crippen LogP contribution in [0.5, 0.6) is 0 Å². The van der Waals surface area contributed by atoms with E-state index in [1.807, 2.05) is 13.8 Å². The maximum absolute atomic E-state index is 12.9. The highest BCUT2D eigenvalue weighted by molar-refractivity contribution is 6.04. The van der Waals surface area contributed by atoms with Crippen LogP contribution in [0.1, 0.15) is 36.2 Å². The molecule has 0 aromatic heterocycles. The van der Waals surface area contributed by atoms with Crippen LogP contribution in [0.3, 0.4) is 0 Å². The molecule has 0 aliphatic carbocycles. The normalized spacial score (nSPS) is 11.4. The summed E-state index contributed by atoms with van der Waals surface area (Å²) in [4.78, 5) is 24.1. The molecule has 2 amide bonds. The van der Waals surface area contributed by atoms with Gasteiger partial charge in [-0.1, -0.05) is 26.0 Å². The van der Waals surface area contributed by atoms with Gasteiger partial charge in [-0.2, -0.15) is 0 Å². The fourth-order valence-corrected chi connectivity index (χ4v) is 2.45. The van der Waals surface area contributed by atoms with E-state index in [1.54, 1.807) is 24.3 Å². The minimum atomic E-state index is -0.518. The first kappa shape index (κ1) is 22.6. The quantitative estimate of drug-likeness (QED) is 0.673. The van der Waals surface area contributed by atoms with Crippen molar-refractivity contribution >= 4 is 29.9 Å². The molecule has 5 nitrogen and oxygen atoms in total. The Balaban J connectivity index is 0.00000364. The summed E-state index contributed by atoms with van der Waals surface area (Å²) < 4.78 is 12.9. The van der Waals surface area contributed by atoms with Gasteiger partial charge in [0.1, 0.15) is 5.82 Å². The van der Waals surface area contributed by atoms with Crippen molar-refractivity contribution in [3.8, 4) is 0 Å². The van der Waals surface area contributed by atoms with E-state index in [4.69, 9.17) is 5.73 Å². The first-order valence-corrected chi connectivity index (χ1v) is 8.54. The van der Waals surface area contributed by atoms with E-state index >= 15 is 0 Å². The Morgan fingerprint density at radius 2 is 1.63 bits per heavy atom. The molecule has 0 spiro atoms. The summed E-state index contributed by atoms with van der Waals surface area (Å²) in [5.41, 5.74) is 7.70. The van der Waals surface area contributed by atoms with Crippen molar-refractivity contribution in [3.63, 3.8) is 0 Å². The molecule has 1 atom stereocenters. The number of carbonyl (C=O) groups excluding carboxylic acids is 2. The fourth-order valence-electron chi connectivity index (χ4n) is 2.45. The van der Waals surface area contributed by atoms with E-state index in [0.29, 0.717) is 30.1 Å². The number of amides is 2. The SMILES string of the molecule is CC(C)C[C@H](N)C(=O)NCc1ccc(C(=O)Nc2ccc(F)cc2)cc1.Cl. The van der Waals surface area contributed by atoms with Gasteiger partial charge in [-0.3, -0.25) is 9.59 Å². The molecule has 0 heterocycles. The van der Waals surface area contributed by atoms with Crippen LogP contribution >= 0.6 is 12.4 Å². The molecule has 2 rings (SSSR count). The fraction of sp³-hybridized carbons (Fsp3) is 0.300. The third-order valence-electron chi connectivity index (χ3n) is 3.85. The molecule has 0 fully saturated rings. The number of rotatable bonds is 7. The summed E-state index contributed by atoms with van der Waals surface area (Å²) in [7, 11) is 0. The largest absolute Gasteiger partial charge is 0.351 e. The number of benzene rings is 2. The van der Waals surface area contributed by atoms with Gasteiger partial charge in [0.25, 0.3) is 5.91 Å². The number of hydrogen-bond acceptors (Lipinski definition) is 3. The Morgan fingerprint density at radius 1 is 1.04 bits per heavy atom. The van der Waals surface area contributed by atoms with E-state index in [-0.39, 0.29) is 30.0 Å². The number of anilines is 1. The lowest BCUT2D eigenvalue weighted by molar-refractivity contribution is -0.122.